The van der Waals surface area contributed by atoms with Crippen molar-refractivity contribution in [3.8, 4) is 6.07 Å². The molecule has 0 saturated carbocycles. The summed E-state index contributed by atoms with van der Waals surface area (Å²) < 4.78 is 0. The Hall–Kier alpha value is -1.86. The molecule has 4 heteroatoms. The number of hydrogen-bond acceptors (Lipinski definition) is 3. The van der Waals surface area contributed by atoms with Gasteiger partial charge in [0.1, 0.15) is 6.07 Å². The summed E-state index contributed by atoms with van der Waals surface area (Å²) in [6.45, 7) is 3.58. The minimum atomic E-state index is 0.0809. The molecule has 1 N–H and O–H groups in total. The number of benzene rings is 1. The van der Waals surface area contributed by atoms with Crippen molar-refractivity contribution in [3.05, 3.63) is 29.8 Å². The zero-order valence-electron chi connectivity index (χ0n) is 10.5. The number of rotatable bonds is 1. The average molecular weight is 243 g/mol. The predicted molar refractivity (Wildman–Crippen MR) is 70.2 cm³/mol. The lowest BCUT2D eigenvalue weighted by atomic mass is 10.1. The van der Waals surface area contributed by atoms with E-state index in [1.165, 1.54) is 0 Å². The van der Waals surface area contributed by atoms with Crippen LogP contribution in [-0.4, -0.2) is 25.0 Å². The predicted octanol–water partition coefficient (Wildman–Crippen LogP) is 1.66. The Balaban J connectivity index is 2.29. The van der Waals surface area contributed by atoms with Crippen LogP contribution in [0.2, 0.25) is 0 Å². The molecular formula is C14H17N3O. The summed E-state index contributed by atoms with van der Waals surface area (Å²) in [5.41, 5.74) is 1.30. The molecule has 0 aromatic heterocycles. The van der Waals surface area contributed by atoms with Gasteiger partial charge < -0.3 is 10.2 Å². The monoisotopic (exact) mass is 243 g/mol. The lowest BCUT2D eigenvalue weighted by Crippen LogP contribution is -2.42. The van der Waals surface area contributed by atoms with Crippen LogP contribution in [0.5, 0.6) is 0 Å². The first-order valence-corrected chi connectivity index (χ1v) is 6.25. The first-order chi connectivity index (χ1) is 8.72. The third-order valence-corrected chi connectivity index (χ3v) is 3.15. The number of nitrogens with one attached hydrogen (secondary N) is 1. The second kappa shape index (κ2) is 5.65. The number of para-hydroxylation sites is 1. The average Bonchev–Trinajstić information content (AvgIpc) is 2.36. The molecule has 1 aromatic rings. The lowest BCUT2D eigenvalue weighted by Gasteiger charge is -2.28. The van der Waals surface area contributed by atoms with Gasteiger partial charge in [0, 0.05) is 19.0 Å². The third-order valence-electron chi connectivity index (χ3n) is 3.15. The number of carbonyl (C=O) groups excluding carboxylic acids is 1. The van der Waals surface area contributed by atoms with E-state index in [2.05, 4.69) is 11.4 Å². The molecule has 1 aromatic carbocycles. The Morgan fingerprint density at radius 2 is 2.22 bits per heavy atom. The van der Waals surface area contributed by atoms with Crippen LogP contribution in [0.3, 0.4) is 0 Å². The molecule has 0 radical (unpaired) electrons. The fraction of sp³-hybridized carbons (Fsp3) is 0.429. The molecule has 1 fully saturated rings. The van der Waals surface area contributed by atoms with Crippen molar-refractivity contribution in [3.63, 3.8) is 0 Å². The molecule has 94 valence electrons. The molecule has 1 unspecified atom stereocenters. The Bertz CT molecular complexity index is 478. The summed E-state index contributed by atoms with van der Waals surface area (Å²) in [7, 11) is 0. The molecule has 1 amide bonds. The molecule has 1 saturated heterocycles. The zero-order chi connectivity index (χ0) is 13.0. The molecule has 0 aliphatic carbocycles. The van der Waals surface area contributed by atoms with Gasteiger partial charge in [-0.1, -0.05) is 12.1 Å². The van der Waals surface area contributed by atoms with Crippen molar-refractivity contribution in [2.75, 3.05) is 18.0 Å². The summed E-state index contributed by atoms with van der Waals surface area (Å²) >= 11 is 0. The summed E-state index contributed by atoms with van der Waals surface area (Å²) in [6.07, 6.45) is 1.37. The first kappa shape index (κ1) is 12.6. The van der Waals surface area contributed by atoms with Gasteiger partial charge in [0.15, 0.2) is 0 Å². The van der Waals surface area contributed by atoms with E-state index in [1.807, 2.05) is 25.1 Å². The van der Waals surface area contributed by atoms with E-state index >= 15 is 0 Å². The van der Waals surface area contributed by atoms with Crippen molar-refractivity contribution in [2.45, 2.75) is 25.8 Å². The van der Waals surface area contributed by atoms with Crippen LogP contribution in [0.15, 0.2) is 24.3 Å². The van der Waals surface area contributed by atoms with E-state index in [0.29, 0.717) is 18.5 Å². The van der Waals surface area contributed by atoms with Crippen molar-refractivity contribution in [2.24, 2.45) is 0 Å². The van der Waals surface area contributed by atoms with E-state index in [9.17, 15) is 4.79 Å². The third kappa shape index (κ3) is 2.69. The van der Waals surface area contributed by atoms with E-state index in [1.54, 1.807) is 11.0 Å². The highest BCUT2D eigenvalue weighted by Crippen LogP contribution is 2.21. The number of amides is 1. The van der Waals surface area contributed by atoms with Crippen molar-refractivity contribution >= 4 is 11.6 Å². The quantitative estimate of drug-likeness (QED) is 0.816. The van der Waals surface area contributed by atoms with Crippen molar-refractivity contribution in [1.82, 2.24) is 5.32 Å². The topological polar surface area (TPSA) is 56.1 Å². The Morgan fingerprint density at radius 1 is 1.44 bits per heavy atom. The molecule has 4 nitrogen and oxygen atoms in total. The molecule has 2 rings (SSSR count). The van der Waals surface area contributed by atoms with Crippen LogP contribution in [0.1, 0.15) is 25.3 Å². The molecule has 0 spiro atoms. The van der Waals surface area contributed by atoms with Gasteiger partial charge in [-0.05, 0) is 32.0 Å². The molecule has 0 bridgehead atoms. The van der Waals surface area contributed by atoms with Gasteiger partial charge in [-0.2, -0.15) is 5.26 Å². The van der Waals surface area contributed by atoms with Gasteiger partial charge in [0.2, 0.25) is 5.91 Å². The van der Waals surface area contributed by atoms with Gasteiger partial charge in [-0.15, -0.1) is 0 Å². The molecular weight excluding hydrogens is 226 g/mol. The number of carbonyl (C=O) groups is 1. The summed E-state index contributed by atoms with van der Waals surface area (Å²) in [6, 6.07) is 9.62. The fourth-order valence-electron chi connectivity index (χ4n) is 2.21. The highest BCUT2D eigenvalue weighted by atomic mass is 16.2. The van der Waals surface area contributed by atoms with E-state index in [0.717, 1.165) is 18.7 Å². The smallest absolute Gasteiger partial charge is 0.228 e. The zero-order valence-corrected chi connectivity index (χ0v) is 10.5. The maximum absolute atomic E-state index is 12.2. The molecule has 1 aliphatic rings. The van der Waals surface area contributed by atoms with Crippen LogP contribution >= 0.6 is 0 Å². The van der Waals surface area contributed by atoms with Gasteiger partial charge >= 0.3 is 0 Å². The normalized spacial score (nSPS) is 21.0. The Morgan fingerprint density at radius 3 is 3.00 bits per heavy atom. The lowest BCUT2D eigenvalue weighted by molar-refractivity contribution is -0.119. The van der Waals surface area contributed by atoms with Crippen molar-refractivity contribution < 1.29 is 4.79 Å². The Kier molecular flexibility index (Phi) is 3.96. The molecule has 18 heavy (non-hydrogen) atoms. The number of nitrogens with zero attached hydrogens (tertiary/aromatic N) is 2. The highest BCUT2D eigenvalue weighted by Gasteiger charge is 2.22. The van der Waals surface area contributed by atoms with Crippen LogP contribution in [0.25, 0.3) is 0 Å². The van der Waals surface area contributed by atoms with Gasteiger partial charge in [0.05, 0.1) is 11.3 Å². The standard InChI is InChI=1S/C14H17N3O/c1-11-9-14(18)17(8-4-7-16-11)13-6-3-2-5-12(13)10-15/h2-3,5-6,11,16H,4,7-9H2,1H3. The van der Waals surface area contributed by atoms with Gasteiger partial charge in [0.25, 0.3) is 0 Å². The number of nitriles is 1. The van der Waals surface area contributed by atoms with E-state index < -0.39 is 0 Å². The minimum Gasteiger partial charge on any atom is -0.314 e. The van der Waals surface area contributed by atoms with Gasteiger partial charge in [-0.25, -0.2) is 0 Å². The summed E-state index contributed by atoms with van der Waals surface area (Å²) in [5.74, 6) is 0.0809. The fourth-order valence-corrected chi connectivity index (χ4v) is 2.21. The van der Waals surface area contributed by atoms with E-state index in [-0.39, 0.29) is 11.9 Å². The summed E-state index contributed by atoms with van der Waals surface area (Å²) in [4.78, 5) is 14.0. The number of hydrogen-bond donors (Lipinski definition) is 1. The largest absolute Gasteiger partial charge is 0.314 e. The maximum Gasteiger partial charge on any atom is 0.228 e. The van der Waals surface area contributed by atoms with Gasteiger partial charge in [-0.3, -0.25) is 4.79 Å². The SMILES string of the molecule is CC1CC(=O)N(c2ccccc2C#N)CCCN1. The molecule has 1 atom stereocenters. The van der Waals surface area contributed by atoms with Crippen LogP contribution in [0.4, 0.5) is 5.69 Å². The second-order valence-corrected chi connectivity index (χ2v) is 4.59. The minimum absolute atomic E-state index is 0.0809. The molecule has 1 aliphatic heterocycles. The van der Waals surface area contributed by atoms with Crippen LogP contribution < -0.4 is 10.2 Å². The number of anilines is 1. The van der Waals surface area contributed by atoms with Crippen LogP contribution in [-0.2, 0) is 4.79 Å². The van der Waals surface area contributed by atoms with Crippen molar-refractivity contribution in [1.29, 1.82) is 5.26 Å². The molecule has 1 heterocycles. The first-order valence-electron chi connectivity index (χ1n) is 6.25. The van der Waals surface area contributed by atoms with E-state index in [4.69, 9.17) is 5.26 Å². The maximum atomic E-state index is 12.2. The highest BCUT2D eigenvalue weighted by molar-refractivity contribution is 5.95. The summed E-state index contributed by atoms with van der Waals surface area (Å²) in [5, 5.41) is 12.4. The Labute approximate surface area is 107 Å². The van der Waals surface area contributed by atoms with Crippen LogP contribution in [0, 0.1) is 11.3 Å². The second-order valence-electron chi connectivity index (χ2n) is 4.59.